The lowest BCUT2D eigenvalue weighted by Crippen LogP contribution is -3.00. The maximum absolute atomic E-state index is 6.32. The van der Waals surface area contributed by atoms with Crippen molar-refractivity contribution in [3.05, 3.63) is 0 Å². The molecule has 4 nitrogen and oxygen atoms in total. The highest BCUT2D eigenvalue weighted by molar-refractivity contribution is 6.74. The summed E-state index contributed by atoms with van der Waals surface area (Å²) in [7, 11) is -1.57. The topological polar surface area (TPSA) is 36.3 Å². The van der Waals surface area contributed by atoms with Gasteiger partial charge in [-0.05, 0) is 57.2 Å². The molecule has 0 aromatic heterocycles. The van der Waals surface area contributed by atoms with E-state index in [2.05, 4.69) is 56.0 Å². The van der Waals surface area contributed by atoms with Gasteiger partial charge in [-0.1, -0.05) is 20.8 Å². The molecule has 6 heteroatoms. The maximum Gasteiger partial charge on any atom is 0.346 e. The molecule has 2 N–H and O–H groups in total. The largest absolute Gasteiger partial charge is 1.00 e. The second-order valence-electron chi connectivity index (χ2n) is 10.1. The molecule has 26 heavy (non-hydrogen) atoms. The number of nitrogens with zero attached hydrogens (tertiary/aromatic N) is 1. The fourth-order valence-corrected chi connectivity index (χ4v) is 5.58. The molecule has 3 rings (SSSR count). The van der Waals surface area contributed by atoms with Gasteiger partial charge >= 0.3 is 5.96 Å². The Morgan fingerprint density at radius 3 is 2.38 bits per heavy atom. The Kier molecular flexibility index (Phi) is 7.12. The van der Waals surface area contributed by atoms with Gasteiger partial charge in [0.25, 0.3) is 0 Å². The number of nitrogens with one attached hydrogen (secondary N) is 2. The average Bonchev–Trinajstić information content (AvgIpc) is 2.89. The van der Waals surface area contributed by atoms with Crippen molar-refractivity contribution in [2.75, 3.05) is 6.61 Å². The van der Waals surface area contributed by atoms with Crippen LogP contribution in [-0.2, 0) is 4.43 Å². The van der Waals surface area contributed by atoms with Crippen molar-refractivity contribution in [3.63, 3.8) is 0 Å². The van der Waals surface area contributed by atoms with E-state index in [9.17, 15) is 0 Å². The van der Waals surface area contributed by atoms with Crippen molar-refractivity contribution < 1.29 is 21.4 Å². The standard InChI is InChI=1S/C20H39N3OSi.ClH/c1-15-13-17-10-11-18-14-16(22-19(21-15)23(17)18)9-7-8-12-24-25(5,6)20(2,3)4;/h15-18H,7-14H2,1-6H3,(H,21,22);1H/t15-,16+,17+,18-;/m1./s1. The molecule has 0 spiro atoms. The molecule has 3 heterocycles. The number of hydrogen-bond donors (Lipinski definition) is 2. The molecule has 0 radical (unpaired) electrons. The maximum atomic E-state index is 6.32. The predicted octanol–water partition coefficient (Wildman–Crippen LogP) is 0.826. The van der Waals surface area contributed by atoms with E-state index in [1.807, 2.05) is 0 Å². The third kappa shape index (κ3) is 4.77. The molecule has 0 amide bonds. The van der Waals surface area contributed by atoms with Gasteiger partial charge in [-0.2, -0.15) is 0 Å². The van der Waals surface area contributed by atoms with Crippen LogP contribution in [0.25, 0.3) is 0 Å². The number of unbranched alkanes of at least 4 members (excludes halogenated alkanes) is 1. The van der Waals surface area contributed by atoms with Gasteiger partial charge in [0.15, 0.2) is 8.32 Å². The summed E-state index contributed by atoms with van der Waals surface area (Å²) < 4.78 is 8.99. The third-order valence-electron chi connectivity index (χ3n) is 7.00. The SMILES string of the molecule is C[C@@H]1C[C@@H]2CC[C@@H]3C[C@H](CCCCO[Si](C)(C)C(C)(C)C)NC(=[N+]32)N1.[Cl-]. The van der Waals surface area contributed by atoms with Crippen molar-refractivity contribution >= 4 is 14.3 Å². The molecule has 0 aromatic rings. The van der Waals surface area contributed by atoms with Gasteiger partial charge < -0.3 is 16.8 Å². The molecule has 152 valence electrons. The smallest absolute Gasteiger partial charge is 0.346 e. The summed E-state index contributed by atoms with van der Waals surface area (Å²) >= 11 is 0. The van der Waals surface area contributed by atoms with Crippen LogP contribution in [0, 0.1) is 0 Å². The van der Waals surface area contributed by atoms with Gasteiger partial charge in [-0.25, -0.2) is 0 Å². The lowest BCUT2D eigenvalue weighted by molar-refractivity contribution is -0.593. The summed E-state index contributed by atoms with van der Waals surface area (Å²) in [4.78, 5) is 0. The van der Waals surface area contributed by atoms with Crippen LogP contribution in [0.3, 0.4) is 0 Å². The van der Waals surface area contributed by atoms with Crippen molar-refractivity contribution in [2.24, 2.45) is 0 Å². The molecule has 4 atom stereocenters. The molecule has 1 saturated heterocycles. The van der Waals surface area contributed by atoms with E-state index in [1.165, 1.54) is 50.9 Å². The highest BCUT2D eigenvalue weighted by Gasteiger charge is 2.44. The summed E-state index contributed by atoms with van der Waals surface area (Å²) in [6, 6.07) is 2.80. The van der Waals surface area contributed by atoms with E-state index in [4.69, 9.17) is 4.43 Å². The Balaban J connectivity index is 0.00000243. The second-order valence-corrected chi connectivity index (χ2v) is 14.9. The molecule has 0 unspecified atom stereocenters. The summed E-state index contributed by atoms with van der Waals surface area (Å²) in [5, 5.41) is 7.84. The Morgan fingerprint density at radius 1 is 1.08 bits per heavy atom. The molecule has 0 aliphatic carbocycles. The monoisotopic (exact) mass is 401 g/mol. The molecule has 3 aliphatic rings. The van der Waals surface area contributed by atoms with Crippen LogP contribution >= 0.6 is 0 Å². The van der Waals surface area contributed by atoms with Gasteiger partial charge in [-0.15, -0.1) is 0 Å². The first kappa shape index (κ1) is 22.0. The number of hydrogen-bond acceptors (Lipinski definition) is 3. The van der Waals surface area contributed by atoms with Crippen LogP contribution in [0.4, 0.5) is 0 Å². The lowest BCUT2D eigenvalue weighted by Gasteiger charge is -2.36. The van der Waals surface area contributed by atoms with Gasteiger partial charge in [-0.3, -0.25) is 15.2 Å². The summed E-state index contributed by atoms with van der Waals surface area (Å²) in [6.07, 6.45) is 9.13. The summed E-state index contributed by atoms with van der Waals surface area (Å²) in [6.45, 7) is 14.9. The van der Waals surface area contributed by atoms with Crippen LogP contribution < -0.4 is 23.0 Å². The number of halogens is 1. The normalized spacial score (nSPS) is 31.0. The first-order valence-electron chi connectivity index (χ1n) is 10.5. The van der Waals surface area contributed by atoms with E-state index in [-0.39, 0.29) is 12.4 Å². The van der Waals surface area contributed by atoms with Gasteiger partial charge in [0.1, 0.15) is 0 Å². The summed E-state index contributed by atoms with van der Waals surface area (Å²) in [5.41, 5.74) is 0. The van der Waals surface area contributed by atoms with E-state index in [1.54, 1.807) is 0 Å². The van der Waals surface area contributed by atoms with Gasteiger partial charge in [0.2, 0.25) is 0 Å². The van der Waals surface area contributed by atoms with Crippen LogP contribution in [0.2, 0.25) is 18.1 Å². The quantitative estimate of drug-likeness (QED) is 0.393. The molecular weight excluding hydrogens is 362 g/mol. The molecule has 1 fully saturated rings. The highest BCUT2D eigenvalue weighted by Crippen LogP contribution is 2.36. The molecule has 0 saturated carbocycles. The van der Waals surface area contributed by atoms with Crippen LogP contribution in [0.15, 0.2) is 0 Å². The molecule has 3 aliphatic heterocycles. The first-order chi connectivity index (χ1) is 11.7. The highest BCUT2D eigenvalue weighted by atomic mass is 35.5. The zero-order chi connectivity index (χ0) is 18.2. The predicted molar refractivity (Wildman–Crippen MR) is 108 cm³/mol. The van der Waals surface area contributed by atoms with E-state index in [0.717, 1.165) is 18.7 Å². The van der Waals surface area contributed by atoms with Gasteiger partial charge in [0.05, 0.1) is 24.2 Å². The van der Waals surface area contributed by atoms with Crippen LogP contribution in [0.5, 0.6) is 0 Å². The minimum absolute atomic E-state index is 0. The zero-order valence-corrected chi connectivity index (χ0v) is 19.5. The first-order valence-corrected chi connectivity index (χ1v) is 13.4. The molecule has 0 aromatic carbocycles. The summed E-state index contributed by atoms with van der Waals surface area (Å²) in [5.74, 6) is 1.33. The Labute approximate surface area is 168 Å². The van der Waals surface area contributed by atoms with Crippen LogP contribution in [0.1, 0.15) is 72.6 Å². The average molecular weight is 402 g/mol. The lowest BCUT2D eigenvalue weighted by atomic mass is 9.99. The Hall–Kier alpha value is -0.263. The van der Waals surface area contributed by atoms with Crippen molar-refractivity contribution in [2.45, 2.75) is 115 Å². The fraction of sp³-hybridized carbons (Fsp3) is 0.950. The fourth-order valence-electron chi connectivity index (χ4n) is 4.49. The zero-order valence-electron chi connectivity index (χ0n) is 17.7. The van der Waals surface area contributed by atoms with Crippen molar-refractivity contribution in [1.29, 1.82) is 0 Å². The Morgan fingerprint density at radius 2 is 1.73 bits per heavy atom. The van der Waals surface area contributed by atoms with Gasteiger partial charge in [0, 0.05) is 19.4 Å². The number of guanidine groups is 1. The number of rotatable bonds is 6. The van der Waals surface area contributed by atoms with Crippen LogP contribution in [-0.4, -0.2) is 49.6 Å². The Bertz CT molecular complexity index is 518. The minimum atomic E-state index is -1.57. The molecule has 0 bridgehead atoms. The minimum Gasteiger partial charge on any atom is -1.00 e. The third-order valence-corrected chi connectivity index (χ3v) is 11.5. The second kappa shape index (κ2) is 8.40. The van der Waals surface area contributed by atoms with Crippen molar-refractivity contribution in [3.8, 4) is 0 Å². The van der Waals surface area contributed by atoms with E-state index in [0.29, 0.717) is 17.1 Å². The van der Waals surface area contributed by atoms with E-state index < -0.39 is 8.32 Å². The van der Waals surface area contributed by atoms with E-state index >= 15 is 0 Å². The molecular formula is C20H40ClN3OSi. The van der Waals surface area contributed by atoms with Crippen molar-refractivity contribution in [1.82, 2.24) is 10.6 Å².